The van der Waals surface area contributed by atoms with Crippen LogP contribution in [0.3, 0.4) is 0 Å². The topological polar surface area (TPSA) is 44.8 Å². The molecule has 2 aromatic rings. The molecule has 0 aromatic heterocycles. The van der Waals surface area contributed by atoms with Crippen molar-refractivity contribution >= 4 is 17.5 Å². The van der Waals surface area contributed by atoms with Gasteiger partial charge >= 0.3 is 0 Å². The van der Waals surface area contributed by atoms with Gasteiger partial charge in [0.15, 0.2) is 6.61 Å². The number of hydrogen-bond acceptors (Lipinski definition) is 4. The number of rotatable bonds is 7. The number of nitrogens with one attached hydrogen (secondary N) is 1. The quantitative estimate of drug-likeness (QED) is 0.769. The fourth-order valence-electron chi connectivity index (χ4n) is 3.22. The summed E-state index contributed by atoms with van der Waals surface area (Å²) in [5, 5.41) is 3.56. The fraction of sp³-hybridized carbons (Fsp3) is 0.381. The van der Waals surface area contributed by atoms with Crippen LogP contribution < -0.4 is 10.1 Å². The molecule has 1 heterocycles. The number of likely N-dealkylation sites (N-methyl/N-ethyl adjacent to an activating group) is 1. The molecule has 150 valence electrons. The van der Waals surface area contributed by atoms with E-state index in [1.165, 1.54) is 12.1 Å². The van der Waals surface area contributed by atoms with Gasteiger partial charge in [0, 0.05) is 37.7 Å². The molecular weight excluding hydrogens is 381 g/mol. The lowest BCUT2D eigenvalue weighted by atomic mass is 10.0. The van der Waals surface area contributed by atoms with Crippen molar-refractivity contribution in [1.82, 2.24) is 15.1 Å². The summed E-state index contributed by atoms with van der Waals surface area (Å²) < 4.78 is 18.8. The Morgan fingerprint density at radius 3 is 2.39 bits per heavy atom. The molecule has 1 fully saturated rings. The van der Waals surface area contributed by atoms with E-state index in [1.807, 2.05) is 0 Å². The van der Waals surface area contributed by atoms with Crippen molar-refractivity contribution in [2.45, 2.75) is 6.04 Å². The summed E-state index contributed by atoms with van der Waals surface area (Å²) in [7, 11) is 2.10. The van der Waals surface area contributed by atoms with Crippen LogP contribution in [0.1, 0.15) is 11.6 Å². The summed E-state index contributed by atoms with van der Waals surface area (Å²) in [6.45, 7) is 4.10. The minimum Gasteiger partial charge on any atom is -0.484 e. The van der Waals surface area contributed by atoms with Crippen molar-refractivity contribution in [3.8, 4) is 5.75 Å². The molecule has 0 unspecified atom stereocenters. The zero-order valence-corrected chi connectivity index (χ0v) is 16.7. The second-order valence-electron chi connectivity index (χ2n) is 6.95. The summed E-state index contributed by atoms with van der Waals surface area (Å²) in [4.78, 5) is 16.9. The van der Waals surface area contributed by atoms with E-state index in [0.29, 0.717) is 17.3 Å². The number of ether oxygens (including phenoxy) is 1. The van der Waals surface area contributed by atoms with Crippen LogP contribution in [0.25, 0.3) is 0 Å². The monoisotopic (exact) mass is 405 g/mol. The first kappa shape index (κ1) is 20.6. The Labute approximate surface area is 170 Å². The van der Waals surface area contributed by atoms with E-state index in [0.717, 1.165) is 31.7 Å². The lowest BCUT2D eigenvalue weighted by Crippen LogP contribution is -2.48. The Hall–Kier alpha value is -2.15. The molecule has 0 spiro atoms. The van der Waals surface area contributed by atoms with Gasteiger partial charge in [-0.05, 0) is 49.0 Å². The molecule has 1 N–H and O–H groups in total. The van der Waals surface area contributed by atoms with Crippen LogP contribution in [0.5, 0.6) is 5.75 Å². The number of halogens is 2. The van der Waals surface area contributed by atoms with E-state index in [2.05, 4.69) is 22.2 Å². The lowest BCUT2D eigenvalue weighted by molar-refractivity contribution is -0.123. The van der Waals surface area contributed by atoms with Gasteiger partial charge in [0.1, 0.15) is 11.6 Å². The molecule has 28 heavy (non-hydrogen) atoms. The average molecular weight is 406 g/mol. The van der Waals surface area contributed by atoms with Crippen LogP contribution in [0.2, 0.25) is 5.02 Å². The van der Waals surface area contributed by atoms with Crippen LogP contribution in [0, 0.1) is 5.82 Å². The summed E-state index contributed by atoms with van der Waals surface area (Å²) in [6, 6.07) is 13.4. The minimum atomic E-state index is -0.263. The molecule has 0 aliphatic carbocycles. The Bertz CT molecular complexity index is 762. The van der Waals surface area contributed by atoms with Crippen molar-refractivity contribution in [2.75, 3.05) is 46.4 Å². The van der Waals surface area contributed by atoms with Gasteiger partial charge in [-0.15, -0.1) is 0 Å². The zero-order chi connectivity index (χ0) is 19.9. The Morgan fingerprint density at radius 1 is 1.11 bits per heavy atom. The van der Waals surface area contributed by atoms with E-state index in [-0.39, 0.29) is 24.4 Å². The minimum absolute atomic E-state index is 0.00576. The largest absolute Gasteiger partial charge is 0.484 e. The maximum Gasteiger partial charge on any atom is 0.258 e. The highest BCUT2D eigenvalue weighted by Crippen LogP contribution is 2.22. The smallest absolute Gasteiger partial charge is 0.258 e. The Morgan fingerprint density at radius 2 is 1.75 bits per heavy atom. The van der Waals surface area contributed by atoms with E-state index >= 15 is 0 Å². The van der Waals surface area contributed by atoms with Gasteiger partial charge in [-0.1, -0.05) is 23.7 Å². The molecule has 1 aliphatic heterocycles. The molecule has 1 aliphatic rings. The van der Waals surface area contributed by atoms with Gasteiger partial charge in [0.2, 0.25) is 0 Å². The van der Waals surface area contributed by atoms with Crippen LogP contribution in [-0.2, 0) is 4.79 Å². The van der Waals surface area contributed by atoms with Gasteiger partial charge in [-0.3, -0.25) is 9.69 Å². The van der Waals surface area contributed by atoms with E-state index < -0.39 is 0 Å². The zero-order valence-electron chi connectivity index (χ0n) is 15.9. The highest BCUT2D eigenvalue weighted by Gasteiger charge is 2.24. The number of carbonyl (C=O) groups is 1. The highest BCUT2D eigenvalue weighted by molar-refractivity contribution is 6.30. The second-order valence-corrected chi connectivity index (χ2v) is 7.39. The predicted molar refractivity (Wildman–Crippen MR) is 108 cm³/mol. The number of nitrogens with zero attached hydrogens (tertiary/aromatic N) is 2. The molecule has 1 amide bonds. The fourth-order valence-corrected chi connectivity index (χ4v) is 3.34. The van der Waals surface area contributed by atoms with Crippen LogP contribution in [0.4, 0.5) is 4.39 Å². The second kappa shape index (κ2) is 9.87. The van der Waals surface area contributed by atoms with Crippen molar-refractivity contribution in [1.29, 1.82) is 0 Å². The Balaban J connectivity index is 1.58. The number of hydrogen-bond donors (Lipinski definition) is 1. The van der Waals surface area contributed by atoms with Crippen molar-refractivity contribution in [2.24, 2.45) is 0 Å². The Kier molecular flexibility index (Phi) is 7.25. The molecule has 1 atom stereocenters. The summed E-state index contributed by atoms with van der Waals surface area (Å²) in [6.07, 6.45) is 0. The van der Waals surface area contributed by atoms with E-state index in [4.69, 9.17) is 16.3 Å². The van der Waals surface area contributed by atoms with Gasteiger partial charge in [-0.25, -0.2) is 4.39 Å². The number of benzene rings is 2. The third-order valence-corrected chi connectivity index (χ3v) is 5.16. The van der Waals surface area contributed by atoms with E-state index in [9.17, 15) is 9.18 Å². The van der Waals surface area contributed by atoms with Gasteiger partial charge in [0.25, 0.3) is 5.91 Å². The number of carbonyl (C=O) groups excluding carboxylic acids is 1. The van der Waals surface area contributed by atoms with Crippen molar-refractivity contribution < 1.29 is 13.9 Å². The molecule has 2 aromatic carbocycles. The van der Waals surface area contributed by atoms with Gasteiger partial charge < -0.3 is 15.0 Å². The molecule has 1 saturated heterocycles. The number of piperazine rings is 1. The molecule has 5 nitrogen and oxygen atoms in total. The van der Waals surface area contributed by atoms with E-state index in [1.54, 1.807) is 36.4 Å². The molecule has 0 radical (unpaired) electrons. The van der Waals surface area contributed by atoms with Crippen LogP contribution in [-0.4, -0.2) is 62.1 Å². The normalized spacial score (nSPS) is 16.5. The maximum absolute atomic E-state index is 13.3. The predicted octanol–water partition coefficient (Wildman–Crippen LogP) is 2.96. The third-order valence-electron chi connectivity index (χ3n) is 4.91. The van der Waals surface area contributed by atoms with Crippen molar-refractivity contribution in [3.63, 3.8) is 0 Å². The van der Waals surface area contributed by atoms with Crippen LogP contribution in [0.15, 0.2) is 48.5 Å². The third kappa shape index (κ3) is 5.92. The molecule has 3 rings (SSSR count). The average Bonchev–Trinajstić information content (AvgIpc) is 2.70. The van der Waals surface area contributed by atoms with Gasteiger partial charge in [0.05, 0.1) is 6.04 Å². The van der Waals surface area contributed by atoms with Crippen LogP contribution >= 0.6 is 11.6 Å². The SMILES string of the molecule is CN1CCN([C@@H](CNC(=O)COc2ccc(Cl)cc2)c2ccc(F)cc2)CC1. The molecular formula is C21H25ClFN3O2. The first-order valence-corrected chi connectivity index (χ1v) is 9.72. The van der Waals surface area contributed by atoms with Gasteiger partial charge in [-0.2, -0.15) is 0 Å². The standard InChI is InChI=1S/C21H25ClFN3O2/c1-25-10-12-26(13-11-25)20(16-2-6-18(23)7-3-16)14-24-21(27)15-28-19-8-4-17(22)5-9-19/h2-9,20H,10-15H2,1H3,(H,24,27)/t20-/m0/s1. The summed E-state index contributed by atoms with van der Waals surface area (Å²) in [5.41, 5.74) is 0.991. The highest BCUT2D eigenvalue weighted by atomic mass is 35.5. The first-order valence-electron chi connectivity index (χ1n) is 9.34. The van der Waals surface area contributed by atoms with Crippen molar-refractivity contribution in [3.05, 3.63) is 64.9 Å². The summed E-state index contributed by atoms with van der Waals surface area (Å²) in [5.74, 6) is 0.131. The molecule has 0 saturated carbocycles. The number of amides is 1. The maximum atomic E-state index is 13.3. The molecule has 7 heteroatoms. The first-order chi connectivity index (χ1) is 13.5. The lowest BCUT2D eigenvalue weighted by Gasteiger charge is -2.38. The summed E-state index contributed by atoms with van der Waals surface area (Å²) >= 11 is 5.84. The molecule has 0 bridgehead atoms.